The topological polar surface area (TPSA) is 83.8 Å². The Morgan fingerprint density at radius 1 is 1.20 bits per heavy atom. The number of benzene rings is 1. The summed E-state index contributed by atoms with van der Waals surface area (Å²) in [6, 6.07) is -0.787. The number of fused-ring (bicyclic) bond motifs is 2. The minimum atomic E-state index is -1.76. The van der Waals surface area contributed by atoms with E-state index in [9.17, 15) is 9.59 Å². The first-order valence-corrected chi connectivity index (χ1v) is 9.88. The number of rotatable bonds is 3. The number of ether oxygens (including phenoxy) is 1. The molecule has 3 aliphatic rings. The summed E-state index contributed by atoms with van der Waals surface area (Å²) in [6.45, 7) is 1.42. The number of pyridine rings is 1. The van der Waals surface area contributed by atoms with Gasteiger partial charge in [0.1, 0.15) is 0 Å². The SMILES string of the molecule is CN1C(c2c(F)c(F)c3c(=O)c(OC(=O)O)cn(C4CC4)c3c2F)CC2CNCC21. The summed E-state index contributed by atoms with van der Waals surface area (Å²) in [6.07, 6.45) is 1.09. The summed E-state index contributed by atoms with van der Waals surface area (Å²) in [5.74, 6) is -4.32. The van der Waals surface area contributed by atoms with Crippen LogP contribution in [0.3, 0.4) is 0 Å². The zero-order valence-electron chi connectivity index (χ0n) is 16.1. The highest BCUT2D eigenvalue weighted by Gasteiger charge is 2.45. The third-order valence-electron chi connectivity index (χ3n) is 6.61. The van der Waals surface area contributed by atoms with Gasteiger partial charge in [0, 0.05) is 30.2 Å². The molecule has 1 saturated carbocycles. The second-order valence-corrected chi connectivity index (χ2v) is 8.31. The third-order valence-corrected chi connectivity index (χ3v) is 6.61. The molecular formula is C20H20F3N3O4. The molecule has 0 spiro atoms. The fourth-order valence-electron chi connectivity index (χ4n) is 5.03. The summed E-state index contributed by atoms with van der Waals surface area (Å²) >= 11 is 0. The van der Waals surface area contributed by atoms with Gasteiger partial charge in [-0.1, -0.05) is 0 Å². The first kappa shape index (κ1) is 19.4. The molecule has 7 nitrogen and oxygen atoms in total. The number of likely N-dealkylation sites (N-methyl/N-ethyl adjacent to an activating group) is 1. The van der Waals surface area contributed by atoms with E-state index in [4.69, 9.17) is 5.11 Å². The van der Waals surface area contributed by atoms with Gasteiger partial charge in [-0.2, -0.15) is 0 Å². The summed E-state index contributed by atoms with van der Waals surface area (Å²) in [4.78, 5) is 25.4. The van der Waals surface area contributed by atoms with E-state index in [1.165, 1.54) is 4.57 Å². The summed E-state index contributed by atoms with van der Waals surface area (Å²) in [7, 11) is 1.76. The van der Waals surface area contributed by atoms with Crippen LogP contribution in [-0.4, -0.2) is 46.9 Å². The van der Waals surface area contributed by atoms with Crippen molar-refractivity contribution >= 4 is 17.1 Å². The number of hydrogen-bond donors (Lipinski definition) is 2. The number of nitrogens with one attached hydrogen (secondary N) is 1. The molecule has 160 valence electrons. The largest absolute Gasteiger partial charge is 0.511 e. The molecule has 0 radical (unpaired) electrons. The van der Waals surface area contributed by atoms with Crippen molar-refractivity contribution in [2.24, 2.45) is 5.92 Å². The van der Waals surface area contributed by atoms with E-state index in [1.807, 2.05) is 4.90 Å². The van der Waals surface area contributed by atoms with Gasteiger partial charge < -0.3 is 19.7 Å². The Labute approximate surface area is 169 Å². The monoisotopic (exact) mass is 423 g/mol. The van der Waals surface area contributed by atoms with Crippen LogP contribution in [0.1, 0.15) is 36.9 Å². The second kappa shape index (κ2) is 6.71. The summed E-state index contributed by atoms with van der Waals surface area (Å²) in [5, 5.41) is 11.3. The maximum absolute atomic E-state index is 15.8. The van der Waals surface area contributed by atoms with Gasteiger partial charge in [0.2, 0.25) is 5.43 Å². The first-order valence-electron chi connectivity index (χ1n) is 9.88. The molecule has 2 saturated heterocycles. The molecule has 1 aliphatic carbocycles. The van der Waals surface area contributed by atoms with Crippen molar-refractivity contribution in [2.75, 3.05) is 20.1 Å². The Balaban J connectivity index is 1.76. The van der Waals surface area contributed by atoms with Gasteiger partial charge in [-0.15, -0.1) is 0 Å². The Hall–Kier alpha value is -2.59. The van der Waals surface area contributed by atoms with E-state index >= 15 is 13.2 Å². The Bertz CT molecular complexity index is 1130. The van der Waals surface area contributed by atoms with Crippen molar-refractivity contribution in [3.63, 3.8) is 0 Å². The zero-order valence-corrected chi connectivity index (χ0v) is 16.1. The first-order chi connectivity index (χ1) is 14.3. The molecule has 0 amide bonds. The number of halogens is 3. The van der Waals surface area contributed by atoms with Crippen molar-refractivity contribution < 1.29 is 27.8 Å². The number of aromatic nitrogens is 1. The lowest BCUT2D eigenvalue weighted by Gasteiger charge is -2.26. The predicted octanol–water partition coefficient (Wildman–Crippen LogP) is 2.78. The van der Waals surface area contributed by atoms with Crippen LogP contribution in [0, 0.1) is 23.4 Å². The molecule has 3 heterocycles. The van der Waals surface area contributed by atoms with Crippen molar-refractivity contribution in [1.29, 1.82) is 0 Å². The van der Waals surface area contributed by atoms with Crippen molar-refractivity contribution in [3.05, 3.63) is 39.4 Å². The minimum absolute atomic E-state index is 0.101. The highest BCUT2D eigenvalue weighted by molar-refractivity contribution is 5.83. The number of carboxylic acid groups (broad SMARTS) is 1. The molecule has 1 aromatic heterocycles. The molecular weight excluding hydrogens is 403 g/mol. The highest BCUT2D eigenvalue weighted by Crippen LogP contribution is 2.45. The van der Waals surface area contributed by atoms with Gasteiger partial charge in [-0.05, 0) is 38.8 Å². The zero-order chi connectivity index (χ0) is 21.3. The van der Waals surface area contributed by atoms with E-state index in [1.54, 1.807) is 7.05 Å². The fourth-order valence-corrected chi connectivity index (χ4v) is 5.03. The lowest BCUT2D eigenvalue weighted by molar-refractivity contribution is 0.143. The Kier molecular flexibility index (Phi) is 4.33. The number of likely N-dealkylation sites (tertiary alicyclic amines) is 1. The van der Waals surface area contributed by atoms with Crippen molar-refractivity contribution in [3.8, 4) is 5.75 Å². The average molecular weight is 423 g/mol. The molecule has 3 fully saturated rings. The molecule has 10 heteroatoms. The van der Waals surface area contributed by atoms with Gasteiger partial charge in [-0.25, -0.2) is 18.0 Å². The van der Waals surface area contributed by atoms with Crippen LogP contribution in [0.25, 0.3) is 10.9 Å². The van der Waals surface area contributed by atoms with Crippen LogP contribution in [0.5, 0.6) is 5.75 Å². The Morgan fingerprint density at radius 2 is 1.93 bits per heavy atom. The smallest absolute Gasteiger partial charge is 0.449 e. The lowest BCUT2D eigenvalue weighted by atomic mass is 9.96. The molecule has 2 N–H and O–H groups in total. The van der Waals surface area contributed by atoms with Crippen molar-refractivity contribution in [2.45, 2.75) is 37.4 Å². The maximum atomic E-state index is 15.8. The number of carbonyl (C=O) groups is 1. The van der Waals surface area contributed by atoms with Crippen LogP contribution in [0.2, 0.25) is 0 Å². The second-order valence-electron chi connectivity index (χ2n) is 8.31. The number of nitrogens with zero attached hydrogens (tertiary/aromatic N) is 2. The molecule has 5 rings (SSSR count). The van der Waals surface area contributed by atoms with Crippen LogP contribution in [-0.2, 0) is 0 Å². The van der Waals surface area contributed by atoms with Crippen LogP contribution in [0.15, 0.2) is 11.0 Å². The van der Waals surface area contributed by atoms with Crippen LogP contribution in [0.4, 0.5) is 18.0 Å². The fraction of sp³-hybridized carbons (Fsp3) is 0.500. The van der Waals surface area contributed by atoms with Gasteiger partial charge in [0.05, 0.1) is 17.1 Å². The van der Waals surface area contributed by atoms with Gasteiger partial charge in [0.25, 0.3) is 0 Å². The summed E-state index contributed by atoms with van der Waals surface area (Å²) in [5.41, 5.74) is -1.90. The highest BCUT2D eigenvalue weighted by atomic mass is 19.2. The van der Waals surface area contributed by atoms with E-state index in [0.29, 0.717) is 25.8 Å². The average Bonchev–Trinajstić information content (AvgIpc) is 3.36. The molecule has 30 heavy (non-hydrogen) atoms. The normalized spacial score (nSPS) is 26.3. The lowest BCUT2D eigenvalue weighted by Crippen LogP contribution is -2.33. The maximum Gasteiger partial charge on any atom is 0.511 e. The molecule has 1 aromatic carbocycles. The number of hydrogen-bond acceptors (Lipinski definition) is 5. The van der Waals surface area contributed by atoms with E-state index < -0.39 is 46.2 Å². The van der Waals surface area contributed by atoms with Crippen LogP contribution >= 0.6 is 0 Å². The van der Waals surface area contributed by atoms with E-state index in [2.05, 4.69) is 10.1 Å². The van der Waals surface area contributed by atoms with Gasteiger partial charge >= 0.3 is 6.16 Å². The van der Waals surface area contributed by atoms with E-state index in [-0.39, 0.29) is 29.1 Å². The van der Waals surface area contributed by atoms with E-state index in [0.717, 1.165) is 12.7 Å². The van der Waals surface area contributed by atoms with Gasteiger partial charge in [-0.3, -0.25) is 9.69 Å². The van der Waals surface area contributed by atoms with Crippen LogP contribution < -0.4 is 15.5 Å². The van der Waals surface area contributed by atoms with Gasteiger partial charge in [0.15, 0.2) is 23.2 Å². The molecule has 3 unspecified atom stereocenters. The quantitative estimate of drug-likeness (QED) is 0.584. The molecule has 0 bridgehead atoms. The Morgan fingerprint density at radius 3 is 2.57 bits per heavy atom. The van der Waals surface area contributed by atoms with Crippen molar-refractivity contribution in [1.82, 2.24) is 14.8 Å². The third kappa shape index (κ3) is 2.73. The standard InChI is InChI=1S/C20H20F3N3O4/c1-25-10(4-8-5-24-6-11(8)25)13-15(21)16(22)14-18(17(13)23)26(9-2-3-9)7-12(19(14)27)30-20(28)29/h7-11,24H,2-6H2,1H3,(H,28,29). The molecule has 3 atom stereocenters. The summed E-state index contributed by atoms with van der Waals surface area (Å²) < 4.78 is 51.9. The predicted molar refractivity (Wildman–Crippen MR) is 100 cm³/mol. The minimum Gasteiger partial charge on any atom is -0.449 e. The molecule has 2 aromatic rings. The molecule has 2 aliphatic heterocycles.